The van der Waals surface area contributed by atoms with Crippen molar-refractivity contribution in [3.8, 4) is 11.1 Å². The Balaban J connectivity index is 1.39. The van der Waals surface area contributed by atoms with E-state index in [1.54, 1.807) is 22.4 Å². The first-order valence-corrected chi connectivity index (χ1v) is 10.6. The molecule has 1 fully saturated rings. The van der Waals surface area contributed by atoms with Gasteiger partial charge < -0.3 is 10.2 Å². The molecule has 1 aliphatic rings. The topological polar surface area (TPSA) is 62.3 Å². The third-order valence-electron chi connectivity index (χ3n) is 5.41. The maximum Gasteiger partial charge on any atom is 0.227 e. The number of anilines is 1. The fourth-order valence-corrected chi connectivity index (χ4v) is 4.20. The van der Waals surface area contributed by atoms with Crippen LogP contribution in [-0.4, -0.2) is 23.3 Å². The van der Waals surface area contributed by atoms with Gasteiger partial charge in [-0.1, -0.05) is 6.07 Å². The molecule has 6 heteroatoms. The van der Waals surface area contributed by atoms with Gasteiger partial charge >= 0.3 is 0 Å². The molecular weight excluding hydrogens is 382 g/mol. The molecule has 4 rings (SSSR count). The minimum absolute atomic E-state index is 0.00507. The number of hydrogen-bond donors (Lipinski definition) is 1. The first-order chi connectivity index (χ1) is 14.0. The Morgan fingerprint density at radius 2 is 2.03 bits per heavy atom. The van der Waals surface area contributed by atoms with Crippen LogP contribution in [0.2, 0.25) is 0 Å². The molecule has 1 aromatic carbocycles. The predicted octanol–water partition coefficient (Wildman–Crippen LogP) is 4.10. The van der Waals surface area contributed by atoms with Crippen molar-refractivity contribution in [3.63, 3.8) is 0 Å². The largest absolute Gasteiger partial charge is 0.352 e. The quantitative estimate of drug-likeness (QED) is 0.695. The van der Waals surface area contributed by atoms with E-state index in [9.17, 15) is 9.59 Å². The summed E-state index contributed by atoms with van der Waals surface area (Å²) in [6.45, 7) is 4.89. The highest BCUT2D eigenvalue weighted by Crippen LogP contribution is 2.27. The van der Waals surface area contributed by atoms with Gasteiger partial charge in [0.05, 0.1) is 5.92 Å². The van der Waals surface area contributed by atoms with E-state index in [1.165, 1.54) is 5.56 Å². The second kappa shape index (κ2) is 8.17. The van der Waals surface area contributed by atoms with Crippen LogP contribution in [0.4, 0.5) is 5.69 Å². The Morgan fingerprint density at radius 1 is 1.17 bits per heavy atom. The van der Waals surface area contributed by atoms with E-state index in [0.717, 1.165) is 27.9 Å². The summed E-state index contributed by atoms with van der Waals surface area (Å²) in [7, 11) is 0. The molecule has 0 saturated carbocycles. The number of carbonyl (C=O) groups excluding carboxylic acids is 2. The van der Waals surface area contributed by atoms with Crippen LogP contribution in [0, 0.1) is 19.8 Å². The Hall–Kier alpha value is -2.99. The van der Waals surface area contributed by atoms with E-state index < -0.39 is 0 Å². The van der Waals surface area contributed by atoms with Gasteiger partial charge in [-0.25, -0.2) is 0 Å². The SMILES string of the molecule is Cc1ccc(N2CC(C(=O)NCc3cncc(-c4ccsc4)c3)CC2=O)cc1C. The number of thiophene rings is 1. The first kappa shape index (κ1) is 19.3. The van der Waals surface area contributed by atoms with Gasteiger partial charge in [0.1, 0.15) is 0 Å². The third-order valence-corrected chi connectivity index (χ3v) is 6.10. The minimum atomic E-state index is -0.336. The van der Waals surface area contributed by atoms with Gasteiger partial charge in [0, 0.05) is 43.2 Å². The zero-order valence-electron chi connectivity index (χ0n) is 16.5. The standard InChI is InChI=1S/C23H23N3O2S/c1-15-3-4-21(7-16(15)2)26-13-20(9-22(26)27)23(28)25-11-17-8-19(12-24-10-17)18-5-6-29-14-18/h3-8,10,12,14,20H,9,11,13H2,1-2H3,(H,25,28). The molecule has 1 aliphatic heterocycles. The van der Waals surface area contributed by atoms with E-state index in [4.69, 9.17) is 0 Å². The minimum Gasteiger partial charge on any atom is -0.352 e. The van der Waals surface area contributed by atoms with E-state index in [0.29, 0.717) is 13.1 Å². The van der Waals surface area contributed by atoms with Crippen LogP contribution in [0.25, 0.3) is 11.1 Å². The lowest BCUT2D eigenvalue weighted by molar-refractivity contribution is -0.126. The van der Waals surface area contributed by atoms with Crippen molar-refractivity contribution in [1.82, 2.24) is 10.3 Å². The summed E-state index contributed by atoms with van der Waals surface area (Å²) in [4.78, 5) is 31.1. The van der Waals surface area contributed by atoms with Gasteiger partial charge in [0.25, 0.3) is 0 Å². The van der Waals surface area contributed by atoms with Gasteiger partial charge in [0.15, 0.2) is 0 Å². The zero-order chi connectivity index (χ0) is 20.4. The van der Waals surface area contributed by atoms with Gasteiger partial charge in [-0.15, -0.1) is 0 Å². The molecule has 1 atom stereocenters. The number of carbonyl (C=O) groups is 2. The van der Waals surface area contributed by atoms with Gasteiger partial charge in [-0.3, -0.25) is 14.6 Å². The number of aryl methyl sites for hydroxylation is 2. The van der Waals surface area contributed by atoms with E-state index >= 15 is 0 Å². The van der Waals surface area contributed by atoms with Crippen molar-refractivity contribution < 1.29 is 9.59 Å². The number of amides is 2. The molecule has 0 spiro atoms. The number of nitrogens with one attached hydrogen (secondary N) is 1. The van der Waals surface area contributed by atoms with Crippen molar-refractivity contribution in [1.29, 1.82) is 0 Å². The summed E-state index contributed by atoms with van der Waals surface area (Å²) in [5, 5.41) is 7.08. The molecule has 2 amide bonds. The van der Waals surface area contributed by atoms with Gasteiger partial charge in [-0.05, 0) is 71.1 Å². The summed E-state index contributed by atoms with van der Waals surface area (Å²) in [5.41, 5.74) is 6.30. The summed E-state index contributed by atoms with van der Waals surface area (Å²) in [6.07, 6.45) is 3.83. The average molecular weight is 406 g/mol. The van der Waals surface area contributed by atoms with Crippen LogP contribution in [-0.2, 0) is 16.1 Å². The van der Waals surface area contributed by atoms with E-state index in [2.05, 4.69) is 21.7 Å². The summed E-state index contributed by atoms with van der Waals surface area (Å²) in [6, 6.07) is 10.1. The summed E-state index contributed by atoms with van der Waals surface area (Å²) in [5.74, 6) is -0.433. The highest BCUT2D eigenvalue weighted by atomic mass is 32.1. The molecule has 5 nitrogen and oxygen atoms in total. The molecule has 0 aliphatic carbocycles. The lowest BCUT2D eigenvalue weighted by Crippen LogP contribution is -2.32. The molecule has 3 aromatic rings. The Labute approximate surface area is 174 Å². The highest BCUT2D eigenvalue weighted by Gasteiger charge is 2.35. The molecule has 0 bridgehead atoms. The molecule has 3 heterocycles. The Bertz CT molecular complexity index is 1050. The first-order valence-electron chi connectivity index (χ1n) is 9.63. The normalized spacial score (nSPS) is 16.3. The maximum absolute atomic E-state index is 12.7. The number of pyridine rings is 1. The van der Waals surface area contributed by atoms with Crippen LogP contribution >= 0.6 is 11.3 Å². The Kier molecular flexibility index (Phi) is 5.45. The molecule has 2 aromatic heterocycles. The van der Waals surface area contributed by atoms with Gasteiger partial charge in [0.2, 0.25) is 11.8 Å². The van der Waals surface area contributed by atoms with Crippen LogP contribution in [0.5, 0.6) is 0 Å². The second-order valence-corrected chi connectivity index (χ2v) is 8.27. The lowest BCUT2D eigenvalue weighted by atomic mass is 10.1. The third kappa shape index (κ3) is 4.22. The number of rotatable bonds is 5. The monoisotopic (exact) mass is 405 g/mol. The lowest BCUT2D eigenvalue weighted by Gasteiger charge is -2.18. The van der Waals surface area contributed by atoms with Crippen LogP contribution < -0.4 is 10.2 Å². The van der Waals surface area contributed by atoms with E-state index in [-0.39, 0.29) is 24.2 Å². The molecule has 148 valence electrons. The smallest absolute Gasteiger partial charge is 0.227 e. The summed E-state index contributed by atoms with van der Waals surface area (Å²) >= 11 is 1.64. The number of aromatic nitrogens is 1. The molecule has 1 unspecified atom stereocenters. The summed E-state index contributed by atoms with van der Waals surface area (Å²) < 4.78 is 0. The average Bonchev–Trinajstić information content (AvgIpc) is 3.39. The predicted molar refractivity (Wildman–Crippen MR) is 116 cm³/mol. The van der Waals surface area contributed by atoms with Crippen LogP contribution in [0.1, 0.15) is 23.1 Å². The van der Waals surface area contributed by atoms with Crippen molar-refractivity contribution in [2.75, 3.05) is 11.4 Å². The van der Waals surface area contributed by atoms with Crippen molar-refractivity contribution >= 4 is 28.8 Å². The van der Waals surface area contributed by atoms with Crippen molar-refractivity contribution in [2.24, 2.45) is 5.92 Å². The second-order valence-electron chi connectivity index (χ2n) is 7.49. The van der Waals surface area contributed by atoms with Crippen molar-refractivity contribution in [3.05, 3.63) is 70.2 Å². The van der Waals surface area contributed by atoms with Gasteiger partial charge in [-0.2, -0.15) is 11.3 Å². The van der Waals surface area contributed by atoms with E-state index in [1.807, 2.05) is 49.7 Å². The van der Waals surface area contributed by atoms with Crippen LogP contribution in [0.3, 0.4) is 0 Å². The molecular formula is C23H23N3O2S. The number of nitrogens with zero attached hydrogens (tertiary/aromatic N) is 2. The fraction of sp³-hybridized carbons (Fsp3) is 0.261. The highest BCUT2D eigenvalue weighted by molar-refractivity contribution is 7.08. The maximum atomic E-state index is 12.7. The van der Waals surface area contributed by atoms with Crippen molar-refractivity contribution in [2.45, 2.75) is 26.8 Å². The fourth-order valence-electron chi connectivity index (χ4n) is 3.53. The Morgan fingerprint density at radius 3 is 2.79 bits per heavy atom. The number of benzene rings is 1. The molecule has 1 N–H and O–H groups in total. The van der Waals surface area contributed by atoms with Crippen LogP contribution in [0.15, 0.2) is 53.5 Å². The molecule has 0 radical (unpaired) electrons. The number of hydrogen-bond acceptors (Lipinski definition) is 4. The molecule has 29 heavy (non-hydrogen) atoms. The molecule has 1 saturated heterocycles. The zero-order valence-corrected chi connectivity index (χ0v) is 17.3.